The molecule has 3 aromatic rings. The molecule has 0 radical (unpaired) electrons. The largest absolute Gasteiger partial charge is 0.462 e. The Morgan fingerprint density at radius 1 is 1.09 bits per heavy atom. The maximum Gasteiger partial charge on any atom is 0.338 e. The van der Waals surface area contributed by atoms with Gasteiger partial charge in [0.05, 0.1) is 17.1 Å². The van der Waals surface area contributed by atoms with Crippen LogP contribution in [0, 0.1) is 6.92 Å². The van der Waals surface area contributed by atoms with Crippen LogP contribution >= 0.6 is 0 Å². The van der Waals surface area contributed by atoms with Gasteiger partial charge >= 0.3 is 5.97 Å². The fraction of sp³-hybridized carbons (Fsp3) is 0.400. The van der Waals surface area contributed by atoms with Gasteiger partial charge in [-0.15, -0.1) is 0 Å². The van der Waals surface area contributed by atoms with Crippen LogP contribution in [0.3, 0.4) is 0 Å². The van der Waals surface area contributed by atoms with Gasteiger partial charge in [0.1, 0.15) is 0 Å². The van der Waals surface area contributed by atoms with Crippen molar-refractivity contribution >= 4 is 16.0 Å². The van der Waals surface area contributed by atoms with Gasteiger partial charge in [0.2, 0.25) is 21.7 Å². The smallest absolute Gasteiger partial charge is 0.338 e. The number of hydrogen-bond acceptors (Lipinski definition) is 8. The average Bonchev–Trinajstić information content (AvgIpc) is 3.34. The van der Waals surface area contributed by atoms with E-state index in [1.165, 1.54) is 22.0 Å². The molecule has 0 atom stereocenters. The standard InChI is InChI=1S/C25H30N4O5S/c1-3-33-25(30)21-6-4-7-22(18-21)35(31,32)29-16-14-28(15-17-29)13-5-8-23-26-24(27-34-23)20-11-9-19(2)10-12-20/h4,6-7,9-12,18H,3,5,8,13-17H2,1-2H3. The summed E-state index contributed by atoms with van der Waals surface area (Å²) < 4.78 is 38.0. The molecule has 0 N–H and O–H groups in total. The van der Waals surface area contributed by atoms with Gasteiger partial charge in [-0.25, -0.2) is 13.2 Å². The Morgan fingerprint density at radius 3 is 2.54 bits per heavy atom. The number of carbonyl (C=O) groups is 1. The molecule has 1 fully saturated rings. The fourth-order valence-corrected chi connectivity index (χ4v) is 5.44. The molecule has 0 amide bonds. The summed E-state index contributed by atoms with van der Waals surface area (Å²) >= 11 is 0. The third-order valence-corrected chi connectivity index (χ3v) is 7.85. The topological polar surface area (TPSA) is 106 Å². The van der Waals surface area contributed by atoms with Crippen LogP contribution in [0.5, 0.6) is 0 Å². The quantitative estimate of drug-likeness (QED) is 0.414. The number of ether oxygens (including phenoxy) is 1. The van der Waals surface area contributed by atoms with Gasteiger partial charge in [-0.3, -0.25) is 0 Å². The van der Waals surface area contributed by atoms with Crippen LogP contribution in [0.1, 0.15) is 35.2 Å². The Labute approximate surface area is 205 Å². The lowest BCUT2D eigenvalue weighted by atomic mass is 10.1. The van der Waals surface area contributed by atoms with Crippen molar-refractivity contribution in [3.05, 3.63) is 65.5 Å². The molecular formula is C25H30N4O5S. The van der Waals surface area contributed by atoms with E-state index in [2.05, 4.69) is 15.0 Å². The third-order valence-electron chi connectivity index (χ3n) is 5.96. The SMILES string of the molecule is CCOC(=O)c1cccc(S(=O)(=O)N2CCN(CCCc3nc(-c4ccc(C)cc4)no3)CC2)c1. The first-order valence-electron chi connectivity index (χ1n) is 11.8. The van der Waals surface area contributed by atoms with E-state index in [1.807, 2.05) is 31.2 Å². The minimum Gasteiger partial charge on any atom is -0.462 e. The monoisotopic (exact) mass is 498 g/mol. The highest BCUT2D eigenvalue weighted by Crippen LogP contribution is 2.20. The lowest BCUT2D eigenvalue weighted by Gasteiger charge is -2.33. The average molecular weight is 499 g/mol. The lowest BCUT2D eigenvalue weighted by Crippen LogP contribution is -2.48. The summed E-state index contributed by atoms with van der Waals surface area (Å²) in [5, 5.41) is 4.07. The Hall–Kier alpha value is -3.08. The molecule has 0 saturated carbocycles. The Morgan fingerprint density at radius 2 is 1.83 bits per heavy atom. The predicted molar refractivity (Wildman–Crippen MR) is 130 cm³/mol. The molecule has 1 aliphatic rings. The van der Waals surface area contributed by atoms with Gasteiger partial charge in [-0.2, -0.15) is 9.29 Å². The first-order valence-corrected chi connectivity index (χ1v) is 13.2. The molecule has 10 heteroatoms. The number of benzene rings is 2. The van der Waals surface area contributed by atoms with Crippen molar-refractivity contribution in [2.24, 2.45) is 0 Å². The van der Waals surface area contributed by atoms with Gasteiger partial charge in [-0.1, -0.05) is 41.1 Å². The van der Waals surface area contributed by atoms with E-state index in [0.29, 0.717) is 44.3 Å². The Bertz CT molecular complexity index is 1250. The number of esters is 1. The number of aryl methyl sites for hydroxylation is 2. The molecule has 1 aliphatic heterocycles. The number of hydrogen-bond donors (Lipinski definition) is 0. The van der Waals surface area contributed by atoms with Gasteiger partial charge in [0, 0.05) is 38.2 Å². The molecule has 35 heavy (non-hydrogen) atoms. The normalized spacial score (nSPS) is 15.3. The third kappa shape index (κ3) is 6.14. The van der Waals surface area contributed by atoms with E-state index in [1.54, 1.807) is 19.1 Å². The molecular weight excluding hydrogens is 468 g/mol. The van der Waals surface area contributed by atoms with Gasteiger partial charge in [0.25, 0.3) is 0 Å². The summed E-state index contributed by atoms with van der Waals surface area (Å²) in [5.41, 5.74) is 2.34. The second kappa shape index (κ2) is 11.1. The summed E-state index contributed by atoms with van der Waals surface area (Å²) in [6.07, 6.45) is 1.50. The number of aromatic nitrogens is 2. The second-order valence-corrected chi connectivity index (χ2v) is 10.4. The fourth-order valence-electron chi connectivity index (χ4n) is 3.97. The molecule has 9 nitrogen and oxygen atoms in total. The summed E-state index contributed by atoms with van der Waals surface area (Å²) in [7, 11) is -3.68. The van der Waals surface area contributed by atoms with Crippen molar-refractivity contribution in [3.63, 3.8) is 0 Å². The number of piperazine rings is 1. The molecule has 0 aliphatic carbocycles. The van der Waals surface area contributed by atoms with Crippen LogP contribution in [0.2, 0.25) is 0 Å². The first-order chi connectivity index (χ1) is 16.9. The van der Waals surface area contributed by atoms with E-state index in [0.717, 1.165) is 18.5 Å². The van der Waals surface area contributed by atoms with Gasteiger partial charge in [-0.05, 0) is 45.0 Å². The van der Waals surface area contributed by atoms with Gasteiger partial charge in [0.15, 0.2) is 0 Å². The van der Waals surface area contributed by atoms with Crippen molar-refractivity contribution in [1.82, 2.24) is 19.3 Å². The van der Waals surface area contributed by atoms with Crippen LogP contribution in [0.4, 0.5) is 0 Å². The molecule has 0 bridgehead atoms. The van der Waals surface area contributed by atoms with Crippen LogP contribution in [-0.2, 0) is 21.2 Å². The maximum atomic E-state index is 13.1. The summed E-state index contributed by atoms with van der Waals surface area (Å²) in [6.45, 7) is 6.85. The summed E-state index contributed by atoms with van der Waals surface area (Å²) in [5.74, 6) is 0.663. The molecule has 2 heterocycles. The molecule has 2 aromatic carbocycles. The van der Waals surface area contributed by atoms with E-state index in [9.17, 15) is 13.2 Å². The summed E-state index contributed by atoms with van der Waals surface area (Å²) in [4.78, 5) is 18.8. The zero-order valence-corrected chi connectivity index (χ0v) is 20.8. The number of rotatable bonds is 9. The van der Waals surface area contributed by atoms with Gasteiger partial charge < -0.3 is 14.2 Å². The molecule has 186 valence electrons. The van der Waals surface area contributed by atoms with E-state index >= 15 is 0 Å². The van der Waals surface area contributed by atoms with Crippen molar-refractivity contribution in [2.75, 3.05) is 39.3 Å². The molecule has 0 unspecified atom stereocenters. The van der Waals surface area contributed by atoms with E-state index in [4.69, 9.17) is 9.26 Å². The van der Waals surface area contributed by atoms with E-state index < -0.39 is 16.0 Å². The van der Waals surface area contributed by atoms with Crippen molar-refractivity contribution in [2.45, 2.75) is 31.6 Å². The van der Waals surface area contributed by atoms with Crippen molar-refractivity contribution < 1.29 is 22.5 Å². The zero-order chi connectivity index (χ0) is 24.8. The maximum absolute atomic E-state index is 13.1. The zero-order valence-electron chi connectivity index (χ0n) is 20.0. The number of sulfonamides is 1. The first kappa shape index (κ1) is 25.0. The van der Waals surface area contributed by atoms with Crippen molar-refractivity contribution in [1.29, 1.82) is 0 Å². The summed E-state index contributed by atoms with van der Waals surface area (Å²) in [6, 6.07) is 14.0. The van der Waals surface area contributed by atoms with Crippen LogP contribution in [-0.4, -0.2) is 73.1 Å². The van der Waals surface area contributed by atoms with E-state index in [-0.39, 0.29) is 17.1 Å². The van der Waals surface area contributed by atoms with Crippen LogP contribution in [0.25, 0.3) is 11.4 Å². The van der Waals surface area contributed by atoms with Crippen LogP contribution < -0.4 is 0 Å². The number of carbonyl (C=O) groups excluding carboxylic acids is 1. The Balaban J connectivity index is 1.26. The highest BCUT2D eigenvalue weighted by Gasteiger charge is 2.29. The Kier molecular flexibility index (Phi) is 7.94. The number of nitrogens with zero attached hydrogens (tertiary/aromatic N) is 4. The molecule has 1 aromatic heterocycles. The molecule has 4 rings (SSSR count). The minimum atomic E-state index is -3.68. The highest BCUT2D eigenvalue weighted by molar-refractivity contribution is 7.89. The highest BCUT2D eigenvalue weighted by atomic mass is 32.2. The molecule has 0 spiro atoms. The molecule has 1 saturated heterocycles. The minimum absolute atomic E-state index is 0.109. The van der Waals surface area contributed by atoms with Crippen molar-refractivity contribution in [3.8, 4) is 11.4 Å². The lowest BCUT2D eigenvalue weighted by molar-refractivity contribution is 0.0526. The predicted octanol–water partition coefficient (Wildman–Crippen LogP) is 3.16. The van der Waals surface area contributed by atoms with Crippen LogP contribution in [0.15, 0.2) is 57.9 Å². The second-order valence-electron chi connectivity index (χ2n) is 8.48.